The predicted molar refractivity (Wildman–Crippen MR) is 45.6 cm³/mol. The van der Waals surface area contributed by atoms with Crippen LogP contribution < -0.4 is 5.73 Å². The van der Waals surface area contributed by atoms with Crippen molar-refractivity contribution >= 4 is 5.97 Å². The summed E-state index contributed by atoms with van der Waals surface area (Å²) in [5.74, 6) is -5.64. The van der Waals surface area contributed by atoms with E-state index in [9.17, 15) is 18.0 Å². The fourth-order valence-electron chi connectivity index (χ4n) is 1.14. The van der Waals surface area contributed by atoms with Crippen LogP contribution >= 0.6 is 0 Å². The molecule has 0 bridgehead atoms. The molecule has 0 radical (unpaired) electrons. The second kappa shape index (κ2) is 3.90. The SMILES string of the molecule is Cc1cc(F)c([C@H](N)C(=O)O)c(F)c1F. The molecule has 0 aliphatic carbocycles. The normalized spacial score (nSPS) is 12.6. The maximum atomic E-state index is 13.2. The number of rotatable bonds is 2. The van der Waals surface area contributed by atoms with Crippen molar-refractivity contribution in [1.29, 1.82) is 0 Å². The Morgan fingerprint density at radius 1 is 1.40 bits per heavy atom. The minimum absolute atomic E-state index is 0.244. The molecule has 1 rings (SSSR count). The highest BCUT2D eigenvalue weighted by molar-refractivity contribution is 5.75. The zero-order valence-corrected chi connectivity index (χ0v) is 7.72. The highest BCUT2D eigenvalue weighted by Gasteiger charge is 2.26. The molecule has 0 aliphatic rings. The van der Waals surface area contributed by atoms with Gasteiger partial charge in [0.2, 0.25) is 0 Å². The van der Waals surface area contributed by atoms with Gasteiger partial charge in [-0.15, -0.1) is 0 Å². The number of benzene rings is 1. The molecule has 82 valence electrons. The molecule has 1 atom stereocenters. The first-order valence-electron chi connectivity index (χ1n) is 3.98. The predicted octanol–water partition coefficient (Wildman–Crippen LogP) is 1.50. The highest BCUT2D eigenvalue weighted by Crippen LogP contribution is 2.24. The Bertz CT molecular complexity index is 420. The molecule has 0 saturated carbocycles. The number of aliphatic carboxylic acids is 1. The van der Waals surface area contributed by atoms with Gasteiger partial charge in [0.25, 0.3) is 0 Å². The third kappa shape index (κ3) is 1.94. The summed E-state index contributed by atoms with van der Waals surface area (Å²) in [6.45, 7) is 1.16. The van der Waals surface area contributed by atoms with E-state index in [4.69, 9.17) is 10.8 Å². The standard InChI is InChI=1S/C9H8F3NO2/c1-3-2-4(10)5(7(12)6(3)11)8(13)9(14)15/h2,8H,13H2,1H3,(H,14,15)/t8-/m0/s1. The van der Waals surface area contributed by atoms with E-state index < -0.39 is 35.0 Å². The molecule has 0 aromatic heterocycles. The summed E-state index contributed by atoms with van der Waals surface area (Å²) in [4.78, 5) is 10.4. The zero-order chi connectivity index (χ0) is 11.7. The average molecular weight is 219 g/mol. The molecule has 0 amide bonds. The molecule has 1 aromatic carbocycles. The van der Waals surface area contributed by atoms with Gasteiger partial charge in [-0.25, -0.2) is 13.2 Å². The van der Waals surface area contributed by atoms with Crippen LogP contribution in [0.25, 0.3) is 0 Å². The zero-order valence-electron chi connectivity index (χ0n) is 7.72. The maximum Gasteiger partial charge on any atom is 0.325 e. The lowest BCUT2D eigenvalue weighted by Gasteiger charge is -2.11. The van der Waals surface area contributed by atoms with E-state index in [0.717, 1.165) is 6.92 Å². The first-order chi connectivity index (χ1) is 6.86. The first-order valence-corrected chi connectivity index (χ1v) is 3.98. The fourth-order valence-corrected chi connectivity index (χ4v) is 1.14. The Morgan fingerprint density at radius 3 is 2.40 bits per heavy atom. The van der Waals surface area contributed by atoms with Crippen molar-refractivity contribution in [2.24, 2.45) is 5.73 Å². The fraction of sp³-hybridized carbons (Fsp3) is 0.222. The number of nitrogens with two attached hydrogens (primary N) is 1. The lowest BCUT2D eigenvalue weighted by molar-refractivity contribution is -0.138. The van der Waals surface area contributed by atoms with Crippen LogP contribution in [0.4, 0.5) is 13.2 Å². The summed E-state index contributed by atoms with van der Waals surface area (Å²) >= 11 is 0. The van der Waals surface area contributed by atoms with Gasteiger partial charge in [0, 0.05) is 0 Å². The smallest absolute Gasteiger partial charge is 0.325 e. The highest BCUT2D eigenvalue weighted by atomic mass is 19.2. The summed E-state index contributed by atoms with van der Waals surface area (Å²) in [6.07, 6.45) is 0. The Labute approximate surface area is 83.3 Å². The van der Waals surface area contributed by atoms with Gasteiger partial charge in [-0.05, 0) is 18.6 Å². The Hall–Kier alpha value is -1.56. The number of hydrogen-bond donors (Lipinski definition) is 2. The van der Waals surface area contributed by atoms with Crippen LogP contribution in [0.2, 0.25) is 0 Å². The molecule has 0 saturated heterocycles. The van der Waals surface area contributed by atoms with Gasteiger partial charge in [-0.1, -0.05) is 0 Å². The molecule has 6 heteroatoms. The molecule has 0 fully saturated rings. The summed E-state index contributed by atoms with van der Waals surface area (Å²) in [7, 11) is 0. The van der Waals surface area contributed by atoms with E-state index in [1.165, 1.54) is 0 Å². The second-order valence-corrected chi connectivity index (χ2v) is 3.03. The third-order valence-electron chi connectivity index (χ3n) is 1.95. The van der Waals surface area contributed by atoms with E-state index in [0.29, 0.717) is 6.07 Å². The minimum atomic E-state index is -1.92. The Balaban J connectivity index is 3.42. The summed E-state index contributed by atoms with van der Waals surface area (Å²) in [6, 6.07) is -1.21. The van der Waals surface area contributed by atoms with E-state index >= 15 is 0 Å². The van der Waals surface area contributed by atoms with Crippen molar-refractivity contribution in [2.75, 3.05) is 0 Å². The van der Waals surface area contributed by atoms with Crippen molar-refractivity contribution in [3.8, 4) is 0 Å². The Kier molecular flexibility index (Phi) is 2.99. The summed E-state index contributed by atoms with van der Waals surface area (Å²) in [5.41, 5.74) is 3.80. The number of halogens is 3. The molecule has 15 heavy (non-hydrogen) atoms. The average Bonchev–Trinajstić information content (AvgIpc) is 2.14. The van der Waals surface area contributed by atoms with Crippen LogP contribution in [0, 0.1) is 24.4 Å². The molecule has 3 N–H and O–H groups in total. The number of carboxylic acid groups (broad SMARTS) is 1. The molecular weight excluding hydrogens is 211 g/mol. The van der Waals surface area contributed by atoms with E-state index in [1.807, 2.05) is 0 Å². The van der Waals surface area contributed by atoms with Gasteiger partial charge in [-0.3, -0.25) is 4.79 Å². The molecule has 0 unspecified atom stereocenters. The number of aryl methyl sites for hydroxylation is 1. The lowest BCUT2D eigenvalue weighted by atomic mass is 10.0. The van der Waals surface area contributed by atoms with Crippen LogP contribution in [-0.2, 0) is 4.79 Å². The van der Waals surface area contributed by atoms with Crippen molar-refractivity contribution in [1.82, 2.24) is 0 Å². The minimum Gasteiger partial charge on any atom is -0.480 e. The van der Waals surface area contributed by atoms with Gasteiger partial charge in [-0.2, -0.15) is 0 Å². The van der Waals surface area contributed by atoms with Crippen molar-refractivity contribution < 1.29 is 23.1 Å². The van der Waals surface area contributed by atoms with Crippen LogP contribution in [0.1, 0.15) is 17.2 Å². The third-order valence-corrected chi connectivity index (χ3v) is 1.95. The van der Waals surface area contributed by atoms with Gasteiger partial charge in [0.1, 0.15) is 11.9 Å². The molecular formula is C9H8F3NO2. The number of hydrogen-bond acceptors (Lipinski definition) is 2. The summed E-state index contributed by atoms with van der Waals surface area (Å²) < 4.78 is 39.3. The summed E-state index contributed by atoms with van der Waals surface area (Å²) in [5, 5.41) is 8.46. The lowest BCUT2D eigenvalue weighted by Crippen LogP contribution is -2.24. The van der Waals surface area contributed by atoms with Crippen LogP contribution in [0.5, 0.6) is 0 Å². The number of carbonyl (C=O) groups is 1. The van der Waals surface area contributed by atoms with Crippen molar-refractivity contribution in [3.63, 3.8) is 0 Å². The van der Waals surface area contributed by atoms with Gasteiger partial charge >= 0.3 is 5.97 Å². The van der Waals surface area contributed by atoms with Gasteiger partial charge in [0.05, 0.1) is 5.56 Å². The molecule has 3 nitrogen and oxygen atoms in total. The monoisotopic (exact) mass is 219 g/mol. The molecule has 0 spiro atoms. The second-order valence-electron chi connectivity index (χ2n) is 3.03. The molecule has 0 aliphatic heterocycles. The topological polar surface area (TPSA) is 63.3 Å². The number of carboxylic acids is 1. The quantitative estimate of drug-likeness (QED) is 0.741. The van der Waals surface area contributed by atoms with E-state index in [2.05, 4.69) is 0 Å². The van der Waals surface area contributed by atoms with Crippen molar-refractivity contribution in [2.45, 2.75) is 13.0 Å². The van der Waals surface area contributed by atoms with Crippen LogP contribution in [0.15, 0.2) is 6.07 Å². The molecule has 1 aromatic rings. The van der Waals surface area contributed by atoms with Crippen molar-refractivity contribution in [3.05, 3.63) is 34.6 Å². The van der Waals surface area contributed by atoms with Gasteiger partial charge in [0.15, 0.2) is 11.6 Å². The first kappa shape index (κ1) is 11.5. The van der Waals surface area contributed by atoms with E-state index in [-0.39, 0.29) is 5.56 Å². The maximum absolute atomic E-state index is 13.2. The Morgan fingerprint density at radius 2 is 1.93 bits per heavy atom. The van der Waals surface area contributed by atoms with E-state index in [1.54, 1.807) is 0 Å². The van der Waals surface area contributed by atoms with Crippen LogP contribution in [-0.4, -0.2) is 11.1 Å². The largest absolute Gasteiger partial charge is 0.480 e. The van der Waals surface area contributed by atoms with Gasteiger partial charge < -0.3 is 10.8 Å². The van der Waals surface area contributed by atoms with Crippen LogP contribution in [0.3, 0.4) is 0 Å². The molecule has 0 heterocycles.